The molecular weight excluding hydrogens is 366 g/mol. The van der Waals surface area contributed by atoms with Crippen LogP contribution in [0.15, 0.2) is 54.6 Å². The Morgan fingerprint density at radius 3 is 2.46 bits per heavy atom. The molecule has 1 aliphatic rings. The van der Waals surface area contributed by atoms with Crippen LogP contribution in [0.2, 0.25) is 0 Å². The van der Waals surface area contributed by atoms with Crippen LogP contribution in [0.5, 0.6) is 0 Å². The Kier molecular flexibility index (Phi) is 6.36. The number of nitrogens with zero attached hydrogens (tertiary/aromatic N) is 1. The van der Waals surface area contributed by atoms with Crippen molar-refractivity contribution in [1.29, 1.82) is 0 Å². The van der Waals surface area contributed by atoms with E-state index >= 15 is 0 Å². The standard InChI is InChI=1S/C21H22F2N2O3/c22-20(23)16-8-4-7-15(9-16)10-19(26)24-18-13-25(12-17(18)21(27)28)11-14-5-2-1-3-6-14/h1-9,17-18,20H,10-13H2,(H,24,26)(H,27,28). The number of hydrogen-bond donors (Lipinski definition) is 2. The molecule has 7 heteroatoms. The number of amides is 1. The van der Waals surface area contributed by atoms with Gasteiger partial charge in [-0.2, -0.15) is 0 Å². The molecule has 2 unspecified atom stereocenters. The Hall–Kier alpha value is -2.80. The van der Waals surface area contributed by atoms with Gasteiger partial charge in [0, 0.05) is 25.2 Å². The second-order valence-corrected chi connectivity index (χ2v) is 7.02. The van der Waals surface area contributed by atoms with Crippen molar-refractivity contribution in [3.05, 3.63) is 71.3 Å². The fourth-order valence-electron chi connectivity index (χ4n) is 3.53. The molecule has 1 fully saturated rings. The van der Waals surface area contributed by atoms with Crippen molar-refractivity contribution in [2.45, 2.75) is 25.4 Å². The Bertz CT molecular complexity index is 829. The number of alkyl halides is 2. The Labute approximate surface area is 162 Å². The Morgan fingerprint density at radius 2 is 1.79 bits per heavy atom. The van der Waals surface area contributed by atoms with E-state index in [1.54, 1.807) is 6.07 Å². The van der Waals surface area contributed by atoms with Crippen LogP contribution in [-0.4, -0.2) is 41.0 Å². The van der Waals surface area contributed by atoms with E-state index in [0.29, 0.717) is 25.2 Å². The van der Waals surface area contributed by atoms with E-state index in [9.17, 15) is 23.5 Å². The second-order valence-electron chi connectivity index (χ2n) is 7.02. The molecule has 3 rings (SSSR count). The minimum absolute atomic E-state index is 0.0674. The smallest absolute Gasteiger partial charge is 0.309 e. The average molecular weight is 388 g/mol. The van der Waals surface area contributed by atoms with Gasteiger partial charge in [0.15, 0.2) is 0 Å². The van der Waals surface area contributed by atoms with Gasteiger partial charge in [0.1, 0.15) is 0 Å². The fourth-order valence-corrected chi connectivity index (χ4v) is 3.53. The normalized spacial score (nSPS) is 19.7. The zero-order valence-corrected chi connectivity index (χ0v) is 15.2. The van der Waals surface area contributed by atoms with Crippen LogP contribution in [0.3, 0.4) is 0 Å². The van der Waals surface area contributed by atoms with Crippen LogP contribution in [0.4, 0.5) is 8.78 Å². The lowest BCUT2D eigenvalue weighted by atomic mass is 10.0. The SMILES string of the molecule is O=C(Cc1cccc(C(F)F)c1)NC1CN(Cc2ccccc2)CC1C(=O)O. The second kappa shape index (κ2) is 8.93. The lowest BCUT2D eigenvalue weighted by Crippen LogP contribution is -2.43. The number of carboxylic acids is 1. The third kappa shape index (κ3) is 5.13. The summed E-state index contributed by atoms with van der Waals surface area (Å²) in [5, 5.41) is 12.3. The van der Waals surface area contributed by atoms with E-state index in [2.05, 4.69) is 5.32 Å². The molecule has 2 aromatic rings. The highest BCUT2D eigenvalue weighted by molar-refractivity contribution is 5.80. The fraction of sp³-hybridized carbons (Fsp3) is 0.333. The minimum Gasteiger partial charge on any atom is -0.481 e. The molecule has 0 bridgehead atoms. The van der Waals surface area contributed by atoms with Gasteiger partial charge in [-0.25, -0.2) is 8.78 Å². The number of halogens is 2. The predicted molar refractivity (Wildman–Crippen MR) is 99.9 cm³/mol. The van der Waals surface area contributed by atoms with Crippen LogP contribution in [0, 0.1) is 5.92 Å². The first-order valence-electron chi connectivity index (χ1n) is 9.08. The number of carboxylic acid groups (broad SMARTS) is 1. The Morgan fingerprint density at radius 1 is 1.07 bits per heavy atom. The monoisotopic (exact) mass is 388 g/mol. The maximum atomic E-state index is 12.8. The summed E-state index contributed by atoms with van der Waals surface area (Å²) in [6.45, 7) is 1.37. The highest BCUT2D eigenvalue weighted by atomic mass is 19.3. The van der Waals surface area contributed by atoms with E-state index in [4.69, 9.17) is 0 Å². The maximum absolute atomic E-state index is 12.8. The van der Waals surface area contributed by atoms with Gasteiger partial charge in [0.25, 0.3) is 6.43 Å². The summed E-state index contributed by atoms with van der Waals surface area (Å²) in [6, 6.07) is 14.9. The first-order chi connectivity index (χ1) is 13.4. The number of hydrogen-bond acceptors (Lipinski definition) is 3. The topological polar surface area (TPSA) is 69.6 Å². The molecule has 0 aromatic heterocycles. The molecule has 2 aromatic carbocycles. The lowest BCUT2D eigenvalue weighted by Gasteiger charge is -2.17. The van der Waals surface area contributed by atoms with E-state index in [1.165, 1.54) is 18.2 Å². The molecule has 2 N–H and O–H groups in total. The summed E-state index contributed by atoms with van der Waals surface area (Å²) in [5.74, 6) is -2.04. The van der Waals surface area contributed by atoms with Crippen molar-refractivity contribution >= 4 is 11.9 Å². The van der Waals surface area contributed by atoms with Crippen LogP contribution in [0.25, 0.3) is 0 Å². The molecule has 2 atom stereocenters. The molecule has 0 aliphatic carbocycles. The molecule has 0 radical (unpaired) electrons. The number of aliphatic carboxylic acids is 1. The van der Waals surface area contributed by atoms with Crippen LogP contribution in [0.1, 0.15) is 23.1 Å². The molecule has 5 nitrogen and oxygen atoms in total. The summed E-state index contributed by atoms with van der Waals surface area (Å²) in [6.07, 6.45) is -2.66. The highest BCUT2D eigenvalue weighted by Gasteiger charge is 2.38. The van der Waals surface area contributed by atoms with E-state index < -0.39 is 24.4 Å². The minimum atomic E-state index is -2.60. The molecule has 1 saturated heterocycles. The third-order valence-corrected chi connectivity index (χ3v) is 4.88. The molecular formula is C21H22F2N2O3. The van der Waals surface area contributed by atoms with Crippen LogP contribution < -0.4 is 5.32 Å². The van der Waals surface area contributed by atoms with Crippen molar-refractivity contribution in [1.82, 2.24) is 10.2 Å². The summed E-state index contributed by atoms with van der Waals surface area (Å²) < 4.78 is 25.6. The number of carbonyl (C=O) groups is 2. The summed E-state index contributed by atoms with van der Waals surface area (Å²) in [5.41, 5.74) is 1.41. The first-order valence-corrected chi connectivity index (χ1v) is 9.08. The third-order valence-electron chi connectivity index (χ3n) is 4.88. The highest BCUT2D eigenvalue weighted by Crippen LogP contribution is 2.21. The predicted octanol–water partition coefficient (Wildman–Crippen LogP) is 2.87. The lowest BCUT2D eigenvalue weighted by molar-refractivity contribution is -0.142. The molecule has 1 aliphatic heterocycles. The molecule has 1 amide bonds. The van der Waals surface area contributed by atoms with Crippen LogP contribution >= 0.6 is 0 Å². The number of carbonyl (C=O) groups excluding carboxylic acids is 1. The number of rotatable bonds is 7. The van der Waals surface area contributed by atoms with Crippen molar-refractivity contribution in [3.63, 3.8) is 0 Å². The molecule has 0 spiro atoms. The quantitative estimate of drug-likeness (QED) is 0.765. The number of benzene rings is 2. The van der Waals surface area contributed by atoms with Gasteiger partial charge < -0.3 is 10.4 Å². The van der Waals surface area contributed by atoms with E-state index in [0.717, 1.165) is 5.56 Å². The zero-order valence-electron chi connectivity index (χ0n) is 15.2. The van der Waals surface area contributed by atoms with Gasteiger partial charge in [-0.15, -0.1) is 0 Å². The molecule has 148 valence electrons. The van der Waals surface area contributed by atoms with E-state index in [-0.39, 0.29) is 17.9 Å². The maximum Gasteiger partial charge on any atom is 0.309 e. The van der Waals surface area contributed by atoms with Crippen molar-refractivity contribution in [2.75, 3.05) is 13.1 Å². The average Bonchev–Trinajstić information content (AvgIpc) is 3.05. The summed E-state index contributed by atoms with van der Waals surface area (Å²) in [7, 11) is 0. The summed E-state index contributed by atoms with van der Waals surface area (Å²) >= 11 is 0. The van der Waals surface area contributed by atoms with Gasteiger partial charge in [0.2, 0.25) is 5.91 Å². The van der Waals surface area contributed by atoms with Gasteiger partial charge in [0.05, 0.1) is 18.4 Å². The number of nitrogens with one attached hydrogen (secondary N) is 1. The van der Waals surface area contributed by atoms with Crippen LogP contribution in [-0.2, 0) is 22.6 Å². The van der Waals surface area contributed by atoms with Crippen molar-refractivity contribution in [2.24, 2.45) is 5.92 Å². The molecule has 0 saturated carbocycles. The molecule has 1 heterocycles. The first kappa shape index (κ1) is 19.9. The summed E-state index contributed by atoms with van der Waals surface area (Å²) in [4.78, 5) is 26.0. The zero-order chi connectivity index (χ0) is 20.1. The van der Waals surface area contributed by atoms with Gasteiger partial charge >= 0.3 is 5.97 Å². The Balaban J connectivity index is 1.62. The van der Waals surface area contributed by atoms with Crippen molar-refractivity contribution in [3.8, 4) is 0 Å². The van der Waals surface area contributed by atoms with Gasteiger partial charge in [-0.3, -0.25) is 14.5 Å². The largest absolute Gasteiger partial charge is 0.481 e. The van der Waals surface area contributed by atoms with Crippen molar-refractivity contribution < 1.29 is 23.5 Å². The molecule has 28 heavy (non-hydrogen) atoms. The number of likely N-dealkylation sites (tertiary alicyclic amines) is 1. The van der Waals surface area contributed by atoms with E-state index in [1.807, 2.05) is 35.2 Å². The van der Waals surface area contributed by atoms with Gasteiger partial charge in [-0.1, -0.05) is 48.5 Å². The van der Waals surface area contributed by atoms with Gasteiger partial charge in [-0.05, 0) is 17.2 Å².